The van der Waals surface area contributed by atoms with Gasteiger partial charge in [-0.1, -0.05) is 23.7 Å². The number of thiophene rings is 1. The number of primary sulfonamides is 1. The topological polar surface area (TPSA) is 72.2 Å². The number of hydrogen-bond acceptors (Lipinski definition) is 4. The Bertz CT molecular complexity index is 681. The quantitative estimate of drug-likeness (QED) is 0.885. The number of halogens is 1. The van der Waals surface area contributed by atoms with Gasteiger partial charge in [0.25, 0.3) is 0 Å². The van der Waals surface area contributed by atoms with Crippen LogP contribution in [0.1, 0.15) is 23.4 Å². The Balaban J connectivity index is 2.00. The Hall–Kier alpha value is -0.920. The molecular formula is C13H15ClN2O2S2. The molecule has 3 N–H and O–H groups in total. The predicted octanol–water partition coefficient (Wildman–Crippen LogP) is 2.90. The first-order chi connectivity index (χ1) is 9.36. The van der Waals surface area contributed by atoms with Crippen molar-refractivity contribution in [3.05, 3.63) is 51.2 Å². The molecule has 1 unspecified atom stereocenters. The van der Waals surface area contributed by atoms with Crippen molar-refractivity contribution < 1.29 is 8.42 Å². The van der Waals surface area contributed by atoms with Gasteiger partial charge in [0, 0.05) is 22.8 Å². The van der Waals surface area contributed by atoms with Crippen molar-refractivity contribution in [2.24, 2.45) is 5.14 Å². The highest BCUT2D eigenvalue weighted by Gasteiger charge is 2.10. The van der Waals surface area contributed by atoms with Gasteiger partial charge in [-0.15, -0.1) is 11.3 Å². The first-order valence-corrected chi connectivity index (χ1v) is 8.76. The van der Waals surface area contributed by atoms with E-state index in [1.165, 1.54) is 12.1 Å². The van der Waals surface area contributed by atoms with Crippen molar-refractivity contribution in [3.63, 3.8) is 0 Å². The Kier molecular flexibility index (Phi) is 4.82. The molecule has 0 fully saturated rings. The lowest BCUT2D eigenvalue weighted by Gasteiger charge is -2.14. The summed E-state index contributed by atoms with van der Waals surface area (Å²) >= 11 is 7.47. The third-order valence-corrected chi connectivity index (χ3v) is 5.13. The van der Waals surface area contributed by atoms with Gasteiger partial charge in [-0.25, -0.2) is 13.6 Å². The standard InChI is InChI=1S/C13H15ClN2O2S2/c1-9(16-7-12-6-11(14)8-19-12)10-2-4-13(5-3-10)20(15,17)18/h2-6,8-9,16H,7H2,1H3,(H2,15,17,18). The number of benzene rings is 1. The molecule has 1 heterocycles. The van der Waals surface area contributed by atoms with Gasteiger partial charge in [0.15, 0.2) is 0 Å². The van der Waals surface area contributed by atoms with Crippen LogP contribution in [0.4, 0.5) is 0 Å². The van der Waals surface area contributed by atoms with Crippen molar-refractivity contribution in [2.75, 3.05) is 0 Å². The summed E-state index contributed by atoms with van der Waals surface area (Å²) in [6.07, 6.45) is 0. The van der Waals surface area contributed by atoms with Crippen molar-refractivity contribution in [2.45, 2.75) is 24.4 Å². The molecule has 0 saturated carbocycles. The van der Waals surface area contributed by atoms with Crippen LogP contribution in [0, 0.1) is 0 Å². The average Bonchev–Trinajstić information content (AvgIpc) is 2.81. The molecule has 0 amide bonds. The summed E-state index contributed by atoms with van der Waals surface area (Å²) in [4.78, 5) is 1.28. The average molecular weight is 331 g/mol. The van der Waals surface area contributed by atoms with Gasteiger partial charge < -0.3 is 5.32 Å². The van der Waals surface area contributed by atoms with Crippen LogP contribution in [-0.2, 0) is 16.6 Å². The Morgan fingerprint density at radius 3 is 2.50 bits per heavy atom. The molecule has 0 saturated heterocycles. The summed E-state index contributed by atoms with van der Waals surface area (Å²) in [5, 5.41) is 11.1. The van der Waals surface area contributed by atoms with Crippen LogP contribution in [0.3, 0.4) is 0 Å². The van der Waals surface area contributed by atoms with Crippen LogP contribution in [0.25, 0.3) is 0 Å². The monoisotopic (exact) mass is 330 g/mol. The minimum Gasteiger partial charge on any atom is -0.305 e. The maximum atomic E-state index is 11.2. The second kappa shape index (κ2) is 6.24. The lowest BCUT2D eigenvalue weighted by molar-refractivity contribution is 0.577. The van der Waals surface area contributed by atoms with E-state index in [4.69, 9.17) is 16.7 Å². The summed E-state index contributed by atoms with van der Waals surface area (Å²) in [5.41, 5.74) is 1.00. The van der Waals surface area contributed by atoms with Crippen molar-refractivity contribution in [3.8, 4) is 0 Å². The molecule has 0 spiro atoms. The van der Waals surface area contributed by atoms with Gasteiger partial charge in [0.1, 0.15) is 0 Å². The van der Waals surface area contributed by atoms with Gasteiger partial charge in [-0.05, 0) is 30.7 Å². The van der Waals surface area contributed by atoms with E-state index < -0.39 is 10.0 Å². The molecule has 7 heteroatoms. The Labute approximate surface area is 127 Å². The predicted molar refractivity (Wildman–Crippen MR) is 82.4 cm³/mol. The molecule has 1 atom stereocenters. The molecule has 0 aliphatic heterocycles. The van der Waals surface area contributed by atoms with Crippen molar-refractivity contribution in [1.29, 1.82) is 0 Å². The van der Waals surface area contributed by atoms with Crippen LogP contribution in [0.15, 0.2) is 40.6 Å². The number of sulfonamides is 1. The lowest BCUT2D eigenvalue weighted by atomic mass is 10.1. The van der Waals surface area contributed by atoms with Crippen LogP contribution in [-0.4, -0.2) is 8.42 Å². The fraction of sp³-hybridized carbons (Fsp3) is 0.231. The second-order valence-corrected chi connectivity index (χ2v) is 7.44. The molecule has 2 rings (SSSR count). The van der Waals surface area contributed by atoms with Crippen LogP contribution in [0.2, 0.25) is 5.02 Å². The van der Waals surface area contributed by atoms with Crippen molar-refractivity contribution >= 4 is 33.0 Å². The normalized spacial score (nSPS) is 13.3. The molecule has 4 nitrogen and oxygen atoms in total. The van der Waals surface area contributed by atoms with E-state index in [0.29, 0.717) is 0 Å². The zero-order valence-electron chi connectivity index (χ0n) is 10.8. The summed E-state index contributed by atoms with van der Waals surface area (Å²) in [7, 11) is -3.63. The van der Waals surface area contributed by atoms with E-state index in [9.17, 15) is 8.42 Å². The third kappa shape index (κ3) is 4.04. The fourth-order valence-corrected chi connectivity index (χ4v) is 3.30. The Morgan fingerprint density at radius 2 is 2.00 bits per heavy atom. The highest BCUT2D eigenvalue weighted by molar-refractivity contribution is 7.89. The Morgan fingerprint density at radius 1 is 1.35 bits per heavy atom. The SMILES string of the molecule is CC(NCc1cc(Cl)cs1)c1ccc(S(N)(=O)=O)cc1. The molecule has 1 aromatic heterocycles. The van der Waals surface area contributed by atoms with Gasteiger partial charge >= 0.3 is 0 Å². The fourth-order valence-electron chi connectivity index (χ4n) is 1.76. The minimum atomic E-state index is -3.63. The summed E-state index contributed by atoms with van der Waals surface area (Å²) < 4.78 is 22.4. The maximum Gasteiger partial charge on any atom is 0.238 e. The van der Waals surface area contributed by atoms with E-state index in [0.717, 1.165) is 22.0 Å². The number of rotatable bonds is 5. The van der Waals surface area contributed by atoms with E-state index in [1.807, 2.05) is 18.4 Å². The second-order valence-electron chi connectivity index (χ2n) is 4.45. The van der Waals surface area contributed by atoms with E-state index in [2.05, 4.69) is 5.32 Å². The van der Waals surface area contributed by atoms with Gasteiger partial charge in [0.2, 0.25) is 10.0 Å². The van der Waals surface area contributed by atoms with Crippen molar-refractivity contribution in [1.82, 2.24) is 5.32 Å². The highest BCUT2D eigenvalue weighted by Crippen LogP contribution is 2.21. The number of nitrogens with two attached hydrogens (primary N) is 1. The zero-order valence-corrected chi connectivity index (χ0v) is 13.2. The molecule has 108 valence electrons. The molecule has 1 aromatic carbocycles. The van der Waals surface area contributed by atoms with Gasteiger partial charge in [-0.3, -0.25) is 0 Å². The molecule has 20 heavy (non-hydrogen) atoms. The lowest BCUT2D eigenvalue weighted by Crippen LogP contribution is -2.18. The first kappa shape index (κ1) is 15.5. The molecule has 0 radical (unpaired) electrons. The first-order valence-electron chi connectivity index (χ1n) is 5.95. The number of nitrogens with one attached hydrogen (secondary N) is 1. The summed E-state index contributed by atoms with van der Waals surface area (Å²) in [6.45, 7) is 2.73. The molecule has 0 aliphatic carbocycles. The molecule has 0 aliphatic rings. The van der Waals surface area contributed by atoms with Gasteiger partial charge in [-0.2, -0.15) is 0 Å². The van der Waals surface area contributed by atoms with E-state index >= 15 is 0 Å². The highest BCUT2D eigenvalue weighted by atomic mass is 35.5. The largest absolute Gasteiger partial charge is 0.305 e. The molecular weight excluding hydrogens is 316 g/mol. The number of hydrogen-bond donors (Lipinski definition) is 2. The minimum absolute atomic E-state index is 0.102. The third-order valence-electron chi connectivity index (χ3n) is 2.91. The van der Waals surface area contributed by atoms with E-state index in [1.54, 1.807) is 23.5 Å². The summed E-state index contributed by atoms with van der Waals surface area (Å²) in [5.74, 6) is 0. The molecule has 0 bridgehead atoms. The van der Waals surface area contributed by atoms with Gasteiger partial charge in [0.05, 0.1) is 9.92 Å². The maximum absolute atomic E-state index is 11.2. The smallest absolute Gasteiger partial charge is 0.238 e. The van der Waals surface area contributed by atoms with Crippen LogP contribution < -0.4 is 10.5 Å². The molecule has 2 aromatic rings. The van der Waals surface area contributed by atoms with Crippen LogP contribution >= 0.6 is 22.9 Å². The summed E-state index contributed by atoms with van der Waals surface area (Å²) in [6, 6.07) is 8.59. The van der Waals surface area contributed by atoms with Crippen LogP contribution in [0.5, 0.6) is 0 Å². The van der Waals surface area contributed by atoms with E-state index in [-0.39, 0.29) is 10.9 Å². The zero-order chi connectivity index (χ0) is 14.8.